The lowest BCUT2D eigenvalue weighted by molar-refractivity contribution is 0.229. The first-order chi connectivity index (χ1) is 17.9. The summed E-state index contributed by atoms with van der Waals surface area (Å²) in [5, 5.41) is 5.01. The van der Waals surface area contributed by atoms with Gasteiger partial charge in [-0.25, -0.2) is 18.4 Å². The van der Waals surface area contributed by atoms with Crippen LogP contribution in [0.1, 0.15) is 0 Å². The molecular weight excluding hydrogens is 478 g/mol. The number of nitrogens with two attached hydrogens (primary N) is 1. The fourth-order valence-corrected chi connectivity index (χ4v) is 4.46. The molecule has 5 rings (SSSR count). The zero-order valence-corrected chi connectivity index (χ0v) is 21.2. The predicted octanol–water partition coefficient (Wildman–Crippen LogP) is 3.04. The van der Waals surface area contributed by atoms with Crippen molar-refractivity contribution in [3.63, 3.8) is 0 Å². The summed E-state index contributed by atoms with van der Waals surface area (Å²) in [7, 11) is 5.71. The molecule has 37 heavy (non-hydrogen) atoms. The standard InChI is InChI=1S/C26H30F2N8O/c1-33(2)11-12-34-13-15-35(16-14-34)26-30-23(19-5-4-6-20(27)22(19)28)21-24(29)36(32-25(21)31-26)17-7-9-18(37-3)10-8-17/h4-10H,11-16,29H2,1-3H3. The molecule has 0 radical (unpaired) electrons. The molecule has 1 fully saturated rings. The second kappa shape index (κ2) is 10.3. The van der Waals surface area contributed by atoms with Gasteiger partial charge in [-0.2, -0.15) is 4.98 Å². The monoisotopic (exact) mass is 508 g/mol. The summed E-state index contributed by atoms with van der Waals surface area (Å²) in [5.41, 5.74) is 7.74. The number of hydrogen-bond donors (Lipinski definition) is 1. The van der Waals surface area contributed by atoms with Crippen molar-refractivity contribution in [2.75, 3.05) is 71.1 Å². The van der Waals surface area contributed by atoms with E-state index in [1.54, 1.807) is 19.2 Å². The minimum atomic E-state index is -0.987. The maximum atomic E-state index is 15.0. The Morgan fingerprint density at radius 3 is 2.41 bits per heavy atom. The van der Waals surface area contributed by atoms with Crippen LogP contribution in [-0.4, -0.2) is 90.0 Å². The summed E-state index contributed by atoms with van der Waals surface area (Å²) in [6.45, 7) is 5.07. The highest BCUT2D eigenvalue weighted by atomic mass is 19.2. The van der Waals surface area contributed by atoms with Gasteiger partial charge in [0.15, 0.2) is 17.3 Å². The number of benzene rings is 2. The van der Waals surface area contributed by atoms with Gasteiger partial charge in [0, 0.05) is 44.8 Å². The van der Waals surface area contributed by atoms with Crippen LogP contribution in [0.5, 0.6) is 5.75 Å². The van der Waals surface area contributed by atoms with Gasteiger partial charge in [-0.3, -0.25) is 4.90 Å². The minimum absolute atomic E-state index is 0.0132. The number of piperazine rings is 1. The molecule has 0 spiro atoms. The van der Waals surface area contributed by atoms with Crippen LogP contribution >= 0.6 is 0 Å². The van der Waals surface area contributed by atoms with Gasteiger partial charge in [0.05, 0.1) is 23.9 Å². The lowest BCUT2D eigenvalue weighted by atomic mass is 10.1. The molecule has 1 saturated heterocycles. The number of aromatic nitrogens is 4. The zero-order chi connectivity index (χ0) is 26.1. The highest BCUT2D eigenvalue weighted by Gasteiger charge is 2.25. The van der Waals surface area contributed by atoms with Crippen LogP contribution in [0.15, 0.2) is 42.5 Å². The summed E-state index contributed by atoms with van der Waals surface area (Å²) < 4.78 is 36.0. The Labute approximate surface area is 214 Å². The van der Waals surface area contributed by atoms with E-state index in [-0.39, 0.29) is 17.1 Å². The van der Waals surface area contributed by atoms with Gasteiger partial charge < -0.3 is 20.3 Å². The van der Waals surface area contributed by atoms with Crippen molar-refractivity contribution >= 4 is 22.8 Å². The summed E-state index contributed by atoms with van der Waals surface area (Å²) in [6.07, 6.45) is 0. The van der Waals surface area contributed by atoms with Crippen molar-refractivity contribution in [1.29, 1.82) is 0 Å². The van der Waals surface area contributed by atoms with E-state index in [1.165, 1.54) is 16.8 Å². The second-order valence-corrected chi connectivity index (χ2v) is 9.30. The molecule has 1 aliphatic rings. The highest BCUT2D eigenvalue weighted by Crippen LogP contribution is 2.35. The summed E-state index contributed by atoms with van der Waals surface area (Å²) in [6, 6.07) is 11.2. The van der Waals surface area contributed by atoms with E-state index in [2.05, 4.69) is 33.9 Å². The Balaban J connectivity index is 1.58. The van der Waals surface area contributed by atoms with Crippen LogP contribution in [0.4, 0.5) is 20.5 Å². The summed E-state index contributed by atoms with van der Waals surface area (Å²) >= 11 is 0. The van der Waals surface area contributed by atoms with Crippen LogP contribution in [0.25, 0.3) is 28.0 Å². The molecule has 11 heteroatoms. The molecule has 0 unspecified atom stereocenters. The Morgan fingerprint density at radius 1 is 1.00 bits per heavy atom. The first-order valence-corrected chi connectivity index (χ1v) is 12.1. The van der Waals surface area contributed by atoms with Crippen LogP contribution < -0.4 is 15.4 Å². The van der Waals surface area contributed by atoms with Crippen molar-refractivity contribution in [3.8, 4) is 22.7 Å². The third-order valence-electron chi connectivity index (χ3n) is 6.60. The first kappa shape index (κ1) is 24.8. The topological polar surface area (TPSA) is 88.6 Å². The van der Waals surface area contributed by atoms with Gasteiger partial charge in [0.2, 0.25) is 5.95 Å². The number of anilines is 2. The molecule has 0 aliphatic carbocycles. The van der Waals surface area contributed by atoms with Crippen molar-refractivity contribution in [3.05, 3.63) is 54.1 Å². The van der Waals surface area contributed by atoms with Crippen molar-refractivity contribution in [1.82, 2.24) is 29.5 Å². The first-order valence-electron chi connectivity index (χ1n) is 12.1. The van der Waals surface area contributed by atoms with Crippen molar-refractivity contribution < 1.29 is 13.5 Å². The Kier molecular flexibility index (Phi) is 6.90. The number of rotatable bonds is 7. The maximum absolute atomic E-state index is 15.0. The molecule has 2 aromatic heterocycles. The smallest absolute Gasteiger partial charge is 0.228 e. The predicted molar refractivity (Wildman–Crippen MR) is 140 cm³/mol. The molecule has 0 atom stereocenters. The zero-order valence-electron chi connectivity index (χ0n) is 21.2. The normalized spacial score (nSPS) is 14.6. The number of hydrogen-bond acceptors (Lipinski definition) is 8. The van der Waals surface area contributed by atoms with Gasteiger partial charge in [0.25, 0.3) is 0 Å². The molecule has 0 bridgehead atoms. The number of ether oxygens (including phenoxy) is 1. The lowest BCUT2D eigenvalue weighted by Crippen LogP contribution is -2.48. The molecular formula is C26H30F2N8O. The average molecular weight is 509 g/mol. The van der Waals surface area contributed by atoms with Gasteiger partial charge in [-0.05, 0) is 50.5 Å². The molecule has 3 heterocycles. The SMILES string of the molecule is COc1ccc(-n2nc3nc(N4CCN(CCN(C)C)CC4)nc(-c4cccc(F)c4F)c3c2N)cc1. The van der Waals surface area contributed by atoms with Crippen LogP contribution in [0.2, 0.25) is 0 Å². The number of nitrogen functional groups attached to an aromatic ring is 1. The third-order valence-corrected chi connectivity index (χ3v) is 6.60. The van der Waals surface area contributed by atoms with E-state index >= 15 is 0 Å². The minimum Gasteiger partial charge on any atom is -0.497 e. The number of halogens is 2. The van der Waals surface area contributed by atoms with Gasteiger partial charge in [0.1, 0.15) is 11.6 Å². The maximum Gasteiger partial charge on any atom is 0.228 e. The van der Waals surface area contributed by atoms with Crippen molar-refractivity contribution in [2.45, 2.75) is 0 Å². The van der Waals surface area contributed by atoms with E-state index in [4.69, 9.17) is 20.4 Å². The van der Waals surface area contributed by atoms with Gasteiger partial charge in [-0.15, -0.1) is 5.10 Å². The number of methoxy groups -OCH3 is 1. The molecule has 1 aliphatic heterocycles. The highest BCUT2D eigenvalue weighted by molar-refractivity contribution is 5.99. The summed E-state index contributed by atoms with van der Waals surface area (Å²) in [5.74, 6) is -0.606. The molecule has 4 aromatic rings. The number of likely N-dealkylation sites (N-methyl/N-ethyl adjacent to an activating group) is 1. The van der Waals surface area contributed by atoms with Crippen LogP contribution in [0, 0.1) is 11.6 Å². The Hall–Kier alpha value is -3.83. The Morgan fingerprint density at radius 2 is 1.73 bits per heavy atom. The Bertz CT molecular complexity index is 1400. The van der Waals surface area contributed by atoms with Crippen LogP contribution in [-0.2, 0) is 0 Å². The average Bonchev–Trinajstić information content (AvgIpc) is 3.25. The largest absolute Gasteiger partial charge is 0.497 e. The fraction of sp³-hybridized carbons (Fsp3) is 0.346. The van der Waals surface area contributed by atoms with Crippen molar-refractivity contribution in [2.24, 2.45) is 0 Å². The van der Waals surface area contributed by atoms with E-state index in [9.17, 15) is 8.78 Å². The molecule has 9 nitrogen and oxygen atoms in total. The van der Waals surface area contributed by atoms with E-state index in [1.807, 2.05) is 12.1 Å². The third kappa shape index (κ3) is 4.92. The quantitative estimate of drug-likeness (QED) is 0.408. The summed E-state index contributed by atoms with van der Waals surface area (Å²) in [4.78, 5) is 16.0. The van der Waals surface area contributed by atoms with Crippen LogP contribution in [0.3, 0.4) is 0 Å². The van der Waals surface area contributed by atoms with Gasteiger partial charge in [-0.1, -0.05) is 6.07 Å². The fourth-order valence-electron chi connectivity index (χ4n) is 4.46. The lowest BCUT2D eigenvalue weighted by Gasteiger charge is -2.35. The molecule has 0 amide bonds. The molecule has 2 aromatic carbocycles. The second-order valence-electron chi connectivity index (χ2n) is 9.30. The molecule has 194 valence electrons. The molecule has 2 N–H and O–H groups in total. The number of nitrogens with zero attached hydrogens (tertiary/aromatic N) is 7. The molecule has 0 saturated carbocycles. The number of fused-ring (bicyclic) bond motifs is 1. The van der Waals surface area contributed by atoms with E-state index in [0.29, 0.717) is 41.5 Å². The van der Waals surface area contributed by atoms with Gasteiger partial charge >= 0.3 is 0 Å². The van der Waals surface area contributed by atoms with E-state index in [0.717, 1.165) is 32.2 Å². The van der Waals surface area contributed by atoms with E-state index < -0.39 is 11.6 Å².